The molecule has 0 bridgehead atoms. The van der Waals surface area contributed by atoms with E-state index in [1.54, 1.807) is 30.9 Å². The molecule has 4 rings (SSSR count). The molecule has 1 N–H and O–H groups in total. The molecule has 0 aliphatic rings. The summed E-state index contributed by atoms with van der Waals surface area (Å²) in [6.07, 6.45) is 0. The Bertz CT molecular complexity index is 1340. The van der Waals surface area contributed by atoms with Crippen molar-refractivity contribution < 1.29 is 23.0 Å². The average Bonchev–Trinajstić information content (AvgIpc) is 3.29. The zero-order chi connectivity index (χ0) is 24.9. The smallest absolute Gasteiger partial charge is 0.234 e. The van der Waals surface area contributed by atoms with Crippen molar-refractivity contribution in [1.82, 2.24) is 14.8 Å². The van der Waals surface area contributed by atoms with Crippen molar-refractivity contribution in [2.24, 2.45) is 0 Å². The Kier molecular flexibility index (Phi) is 7.67. The Balaban J connectivity index is 1.63. The van der Waals surface area contributed by atoms with Crippen molar-refractivity contribution in [1.29, 1.82) is 0 Å². The zero-order valence-electron chi connectivity index (χ0n) is 18.6. The molecule has 180 valence electrons. The standard InChI is InChI=1S/C24H19BrF2N4O3S/c1-33-17-8-6-16(7-9-17)31-23(14-4-3-5-18(10-14)34-2)29-30-24(31)35-13-21(32)28-22-19(25)11-15(26)12-20(22)27/h3-12H,13H2,1-2H3,(H,28,32). The fourth-order valence-electron chi connectivity index (χ4n) is 3.24. The van der Waals surface area contributed by atoms with E-state index in [2.05, 4.69) is 31.4 Å². The molecule has 0 aliphatic heterocycles. The van der Waals surface area contributed by atoms with Crippen molar-refractivity contribution in [3.63, 3.8) is 0 Å². The number of benzene rings is 3. The van der Waals surface area contributed by atoms with E-state index >= 15 is 0 Å². The molecule has 0 unspecified atom stereocenters. The molecule has 4 aromatic rings. The summed E-state index contributed by atoms with van der Waals surface area (Å²) in [7, 11) is 3.16. The van der Waals surface area contributed by atoms with Crippen LogP contribution in [-0.2, 0) is 4.79 Å². The van der Waals surface area contributed by atoms with Crippen LogP contribution in [0.25, 0.3) is 17.1 Å². The van der Waals surface area contributed by atoms with Gasteiger partial charge in [0.2, 0.25) is 5.91 Å². The summed E-state index contributed by atoms with van der Waals surface area (Å²) in [5.41, 5.74) is 1.39. The van der Waals surface area contributed by atoms with Crippen LogP contribution in [0.4, 0.5) is 14.5 Å². The number of hydrogen-bond acceptors (Lipinski definition) is 6. The first-order valence-electron chi connectivity index (χ1n) is 10.2. The van der Waals surface area contributed by atoms with Crippen molar-refractivity contribution in [2.75, 3.05) is 25.3 Å². The highest BCUT2D eigenvalue weighted by molar-refractivity contribution is 9.10. The number of aromatic nitrogens is 3. The van der Waals surface area contributed by atoms with Gasteiger partial charge in [-0.2, -0.15) is 0 Å². The van der Waals surface area contributed by atoms with E-state index in [0.29, 0.717) is 28.5 Å². The summed E-state index contributed by atoms with van der Waals surface area (Å²) in [6, 6.07) is 16.5. The highest BCUT2D eigenvalue weighted by Crippen LogP contribution is 2.31. The van der Waals surface area contributed by atoms with Gasteiger partial charge in [-0.05, 0) is 58.4 Å². The predicted molar refractivity (Wildman–Crippen MR) is 133 cm³/mol. The summed E-state index contributed by atoms with van der Waals surface area (Å²) in [6.45, 7) is 0. The average molecular weight is 561 g/mol. The fourth-order valence-corrected chi connectivity index (χ4v) is 4.50. The molecule has 3 aromatic carbocycles. The lowest BCUT2D eigenvalue weighted by Gasteiger charge is -2.12. The van der Waals surface area contributed by atoms with E-state index < -0.39 is 17.5 Å². The fraction of sp³-hybridized carbons (Fsp3) is 0.125. The molecule has 1 heterocycles. The molecule has 35 heavy (non-hydrogen) atoms. The minimum Gasteiger partial charge on any atom is -0.497 e. The second-order valence-electron chi connectivity index (χ2n) is 7.15. The maximum Gasteiger partial charge on any atom is 0.234 e. The first-order valence-corrected chi connectivity index (χ1v) is 12.0. The van der Waals surface area contributed by atoms with E-state index in [1.807, 2.05) is 36.4 Å². The largest absolute Gasteiger partial charge is 0.497 e. The summed E-state index contributed by atoms with van der Waals surface area (Å²) in [4.78, 5) is 12.6. The molecule has 11 heteroatoms. The SMILES string of the molecule is COc1ccc(-n2c(SCC(=O)Nc3c(F)cc(F)cc3Br)nnc2-c2cccc(OC)c2)cc1. The number of nitrogens with zero attached hydrogens (tertiary/aromatic N) is 3. The van der Waals surface area contributed by atoms with Gasteiger partial charge in [0.1, 0.15) is 17.3 Å². The highest BCUT2D eigenvalue weighted by Gasteiger charge is 2.19. The van der Waals surface area contributed by atoms with E-state index in [1.165, 1.54) is 0 Å². The lowest BCUT2D eigenvalue weighted by Crippen LogP contribution is -2.16. The number of anilines is 1. The molecule has 0 saturated heterocycles. The van der Waals surface area contributed by atoms with Crippen molar-refractivity contribution >= 4 is 39.3 Å². The van der Waals surface area contributed by atoms with Gasteiger partial charge in [-0.25, -0.2) is 8.78 Å². The van der Waals surface area contributed by atoms with Crippen LogP contribution in [0.1, 0.15) is 0 Å². The van der Waals surface area contributed by atoms with Crippen LogP contribution in [0, 0.1) is 11.6 Å². The van der Waals surface area contributed by atoms with Crippen LogP contribution in [0.2, 0.25) is 0 Å². The maximum absolute atomic E-state index is 14.1. The number of methoxy groups -OCH3 is 2. The monoisotopic (exact) mass is 560 g/mol. The second-order valence-corrected chi connectivity index (χ2v) is 8.95. The summed E-state index contributed by atoms with van der Waals surface area (Å²) in [5, 5.41) is 11.5. The van der Waals surface area contributed by atoms with Crippen LogP contribution in [0.15, 0.2) is 70.3 Å². The molecule has 0 saturated carbocycles. The molecule has 1 aromatic heterocycles. The van der Waals surface area contributed by atoms with E-state index in [-0.39, 0.29) is 15.9 Å². The van der Waals surface area contributed by atoms with E-state index in [4.69, 9.17) is 9.47 Å². The first-order chi connectivity index (χ1) is 16.9. The Morgan fingerprint density at radius 1 is 1.03 bits per heavy atom. The quantitative estimate of drug-likeness (QED) is 0.277. The first kappa shape index (κ1) is 24.7. The number of nitrogens with one attached hydrogen (secondary N) is 1. The molecule has 1 amide bonds. The number of amides is 1. The normalized spacial score (nSPS) is 10.8. The van der Waals surface area contributed by atoms with Crippen LogP contribution >= 0.6 is 27.7 Å². The number of carbonyl (C=O) groups excluding carboxylic acids is 1. The molecule has 0 aliphatic carbocycles. The van der Waals surface area contributed by atoms with Crippen molar-refractivity contribution in [3.05, 3.63) is 76.8 Å². The van der Waals surface area contributed by atoms with Gasteiger partial charge < -0.3 is 14.8 Å². The zero-order valence-corrected chi connectivity index (χ0v) is 21.0. The third-order valence-electron chi connectivity index (χ3n) is 4.90. The summed E-state index contributed by atoms with van der Waals surface area (Å²) in [5.74, 6) is -0.318. The topological polar surface area (TPSA) is 78.3 Å². The van der Waals surface area contributed by atoms with Gasteiger partial charge in [-0.3, -0.25) is 9.36 Å². The van der Waals surface area contributed by atoms with E-state index in [0.717, 1.165) is 29.1 Å². The Morgan fingerprint density at radius 3 is 2.46 bits per heavy atom. The van der Waals surface area contributed by atoms with Crippen LogP contribution in [-0.4, -0.2) is 40.6 Å². The van der Waals surface area contributed by atoms with Crippen molar-refractivity contribution in [2.45, 2.75) is 5.16 Å². The van der Waals surface area contributed by atoms with Gasteiger partial charge >= 0.3 is 0 Å². The predicted octanol–water partition coefficient (Wildman–Crippen LogP) is 5.72. The molecule has 0 fully saturated rings. The highest BCUT2D eigenvalue weighted by atomic mass is 79.9. The van der Waals surface area contributed by atoms with Crippen LogP contribution in [0.3, 0.4) is 0 Å². The third kappa shape index (κ3) is 5.63. The minimum absolute atomic E-state index is 0.0876. The van der Waals surface area contributed by atoms with Gasteiger partial charge in [0.15, 0.2) is 16.8 Å². The number of ether oxygens (including phenoxy) is 2. The number of hydrogen-bond donors (Lipinski definition) is 1. The molecule has 0 spiro atoms. The van der Waals surface area contributed by atoms with Crippen LogP contribution in [0.5, 0.6) is 11.5 Å². The third-order valence-corrected chi connectivity index (χ3v) is 6.45. The minimum atomic E-state index is -0.878. The van der Waals surface area contributed by atoms with Gasteiger partial charge in [-0.15, -0.1) is 10.2 Å². The number of rotatable bonds is 8. The lowest BCUT2D eigenvalue weighted by atomic mass is 10.2. The Labute approximate surface area is 212 Å². The van der Waals surface area contributed by atoms with Gasteiger partial charge in [0.05, 0.1) is 25.7 Å². The Morgan fingerprint density at radius 2 is 1.77 bits per heavy atom. The summed E-state index contributed by atoms with van der Waals surface area (Å²) < 4.78 is 39.9. The summed E-state index contributed by atoms with van der Waals surface area (Å²) >= 11 is 4.19. The molecular weight excluding hydrogens is 542 g/mol. The van der Waals surface area contributed by atoms with Gasteiger partial charge in [-0.1, -0.05) is 23.9 Å². The van der Waals surface area contributed by atoms with Crippen LogP contribution < -0.4 is 14.8 Å². The molecule has 0 atom stereocenters. The van der Waals surface area contributed by atoms with E-state index in [9.17, 15) is 13.6 Å². The number of carbonyl (C=O) groups is 1. The van der Waals surface area contributed by atoms with Gasteiger partial charge in [0, 0.05) is 21.8 Å². The number of thioether (sulfide) groups is 1. The lowest BCUT2D eigenvalue weighted by molar-refractivity contribution is -0.113. The Hall–Kier alpha value is -3.44. The molecule has 7 nitrogen and oxygen atoms in total. The van der Waals surface area contributed by atoms with Gasteiger partial charge in [0.25, 0.3) is 0 Å². The molecular formula is C24H19BrF2N4O3S. The molecule has 0 radical (unpaired) electrons. The maximum atomic E-state index is 14.1. The van der Waals surface area contributed by atoms with Crippen molar-refractivity contribution in [3.8, 4) is 28.6 Å². The number of halogens is 3. The second kappa shape index (κ2) is 10.9.